The minimum absolute atomic E-state index is 0.0121. The van der Waals surface area contributed by atoms with E-state index in [-0.39, 0.29) is 11.4 Å². The Morgan fingerprint density at radius 1 is 1.28 bits per heavy atom. The zero-order valence-corrected chi connectivity index (χ0v) is 11.0. The van der Waals surface area contributed by atoms with E-state index in [2.05, 4.69) is 36.5 Å². The van der Waals surface area contributed by atoms with E-state index < -0.39 is 0 Å². The lowest BCUT2D eigenvalue weighted by Gasteiger charge is -2.28. The van der Waals surface area contributed by atoms with Crippen LogP contribution in [0.5, 0.6) is 0 Å². The minimum atomic E-state index is 0.0121. The van der Waals surface area contributed by atoms with E-state index in [1.54, 1.807) is 0 Å². The second kappa shape index (κ2) is 4.42. The summed E-state index contributed by atoms with van der Waals surface area (Å²) in [5.74, 6) is 1.04. The summed E-state index contributed by atoms with van der Waals surface area (Å²) in [6.45, 7) is 2.17. The van der Waals surface area contributed by atoms with E-state index in [0.29, 0.717) is 6.42 Å². The van der Waals surface area contributed by atoms with Gasteiger partial charge < -0.3 is 5.32 Å². The predicted molar refractivity (Wildman–Crippen MR) is 72.5 cm³/mol. The van der Waals surface area contributed by atoms with Crippen molar-refractivity contribution in [3.05, 3.63) is 35.4 Å². The molecule has 1 saturated carbocycles. The van der Waals surface area contributed by atoms with Crippen LogP contribution >= 0.6 is 0 Å². The largest absolute Gasteiger partial charge is 0.350 e. The van der Waals surface area contributed by atoms with Crippen LogP contribution in [0.2, 0.25) is 0 Å². The topological polar surface area (TPSA) is 29.1 Å². The van der Waals surface area contributed by atoms with E-state index in [9.17, 15) is 4.79 Å². The lowest BCUT2D eigenvalue weighted by molar-refractivity contribution is -0.119. The first kappa shape index (κ1) is 11.8. The van der Waals surface area contributed by atoms with Crippen molar-refractivity contribution >= 4 is 5.91 Å². The lowest BCUT2D eigenvalue weighted by atomic mass is 9.86. The Morgan fingerprint density at radius 2 is 2.00 bits per heavy atom. The van der Waals surface area contributed by atoms with Crippen molar-refractivity contribution in [1.29, 1.82) is 0 Å². The molecule has 2 fully saturated rings. The monoisotopic (exact) mass is 243 g/mol. The predicted octanol–water partition coefficient (Wildman–Crippen LogP) is 3.17. The summed E-state index contributed by atoms with van der Waals surface area (Å²) in [5, 5.41) is 3.18. The quantitative estimate of drug-likeness (QED) is 0.864. The van der Waals surface area contributed by atoms with Gasteiger partial charge in [0.15, 0.2) is 0 Å². The van der Waals surface area contributed by atoms with Crippen LogP contribution in [0, 0.1) is 0 Å². The molecule has 1 atom stereocenters. The molecule has 18 heavy (non-hydrogen) atoms. The Hall–Kier alpha value is -1.31. The molecule has 0 bridgehead atoms. The SMILES string of the molecule is CCC1(Cc2ccc(C3CC3)cc2)CCC(=O)N1. The number of rotatable bonds is 4. The summed E-state index contributed by atoms with van der Waals surface area (Å²) in [7, 11) is 0. The molecule has 1 aromatic rings. The number of benzene rings is 1. The van der Waals surface area contributed by atoms with Gasteiger partial charge in [0, 0.05) is 12.0 Å². The zero-order valence-electron chi connectivity index (χ0n) is 11.0. The summed E-state index contributed by atoms with van der Waals surface area (Å²) in [6.07, 6.45) is 6.37. The molecule has 1 unspecified atom stereocenters. The Balaban J connectivity index is 1.72. The van der Waals surface area contributed by atoms with Gasteiger partial charge in [-0.15, -0.1) is 0 Å². The van der Waals surface area contributed by atoms with Crippen molar-refractivity contribution in [3.63, 3.8) is 0 Å². The van der Waals surface area contributed by atoms with E-state index in [1.165, 1.54) is 24.0 Å². The molecule has 1 aliphatic heterocycles. The summed E-state index contributed by atoms with van der Waals surface area (Å²) in [6, 6.07) is 9.03. The lowest BCUT2D eigenvalue weighted by Crippen LogP contribution is -2.42. The van der Waals surface area contributed by atoms with Gasteiger partial charge in [0.2, 0.25) is 5.91 Å². The van der Waals surface area contributed by atoms with Gasteiger partial charge >= 0.3 is 0 Å². The molecule has 2 aliphatic rings. The van der Waals surface area contributed by atoms with Crippen molar-refractivity contribution in [3.8, 4) is 0 Å². The molecular weight excluding hydrogens is 222 g/mol. The molecule has 2 nitrogen and oxygen atoms in total. The average Bonchev–Trinajstić information content (AvgIpc) is 3.16. The van der Waals surface area contributed by atoms with Crippen LogP contribution in [0.25, 0.3) is 0 Å². The number of hydrogen-bond donors (Lipinski definition) is 1. The second-order valence-corrected chi connectivity index (χ2v) is 5.87. The summed E-state index contributed by atoms with van der Waals surface area (Å²) >= 11 is 0. The first-order valence-electron chi connectivity index (χ1n) is 7.11. The van der Waals surface area contributed by atoms with Crippen molar-refractivity contribution in [1.82, 2.24) is 5.32 Å². The van der Waals surface area contributed by atoms with Gasteiger partial charge in [0.05, 0.1) is 0 Å². The number of nitrogens with one attached hydrogen (secondary N) is 1. The van der Waals surface area contributed by atoms with Crippen molar-refractivity contribution in [2.75, 3.05) is 0 Å². The summed E-state index contributed by atoms with van der Waals surface area (Å²) < 4.78 is 0. The van der Waals surface area contributed by atoms with E-state index in [0.717, 1.165) is 25.2 Å². The van der Waals surface area contributed by atoms with Gasteiger partial charge in [0.25, 0.3) is 0 Å². The third-order valence-electron chi connectivity index (χ3n) is 4.48. The summed E-state index contributed by atoms with van der Waals surface area (Å²) in [5.41, 5.74) is 2.85. The third kappa shape index (κ3) is 2.29. The molecule has 1 amide bonds. The molecule has 0 aromatic heterocycles. The fourth-order valence-corrected chi connectivity index (χ4v) is 3.01. The first-order valence-corrected chi connectivity index (χ1v) is 7.11. The number of carbonyl (C=O) groups is 1. The third-order valence-corrected chi connectivity index (χ3v) is 4.48. The second-order valence-electron chi connectivity index (χ2n) is 5.87. The van der Waals surface area contributed by atoms with Crippen LogP contribution < -0.4 is 5.32 Å². The molecule has 0 spiro atoms. The fourth-order valence-electron chi connectivity index (χ4n) is 3.01. The molecule has 1 saturated heterocycles. The Labute approximate surface area is 109 Å². The van der Waals surface area contributed by atoms with Crippen LogP contribution in [0.3, 0.4) is 0 Å². The molecule has 96 valence electrons. The Bertz CT molecular complexity index is 447. The van der Waals surface area contributed by atoms with E-state index in [1.807, 2.05) is 0 Å². The molecule has 0 radical (unpaired) electrons. The van der Waals surface area contributed by atoms with Crippen molar-refractivity contribution in [2.24, 2.45) is 0 Å². The van der Waals surface area contributed by atoms with Crippen molar-refractivity contribution in [2.45, 2.75) is 56.9 Å². The first-order chi connectivity index (χ1) is 8.71. The molecular formula is C16H21NO. The van der Waals surface area contributed by atoms with Gasteiger partial charge in [-0.2, -0.15) is 0 Å². The van der Waals surface area contributed by atoms with Gasteiger partial charge in [-0.05, 0) is 49.1 Å². The van der Waals surface area contributed by atoms with Crippen LogP contribution in [-0.2, 0) is 11.2 Å². The Morgan fingerprint density at radius 3 is 2.50 bits per heavy atom. The van der Waals surface area contributed by atoms with Crippen LogP contribution in [0.15, 0.2) is 24.3 Å². The van der Waals surface area contributed by atoms with Gasteiger partial charge in [-0.25, -0.2) is 0 Å². The van der Waals surface area contributed by atoms with E-state index >= 15 is 0 Å². The standard InChI is InChI=1S/C16H21NO/c1-2-16(10-9-15(18)17-16)11-12-3-5-13(6-4-12)14-7-8-14/h3-6,14H,2,7-11H2,1H3,(H,17,18). The maximum absolute atomic E-state index is 11.4. The van der Waals surface area contributed by atoms with Gasteiger partial charge in [-0.1, -0.05) is 31.2 Å². The Kier molecular flexibility index (Phi) is 2.89. The number of amides is 1. The molecule has 1 N–H and O–H groups in total. The molecule has 1 aliphatic carbocycles. The molecule has 3 rings (SSSR count). The minimum Gasteiger partial charge on any atom is -0.350 e. The number of carbonyl (C=O) groups excluding carboxylic acids is 1. The van der Waals surface area contributed by atoms with Crippen LogP contribution in [-0.4, -0.2) is 11.4 Å². The highest BCUT2D eigenvalue weighted by Gasteiger charge is 2.35. The smallest absolute Gasteiger partial charge is 0.220 e. The van der Waals surface area contributed by atoms with Crippen LogP contribution in [0.1, 0.15) is 56.1 Å². The average molecular weight is 243 g/mol. The van der Waals surface area contributed by atoms with Gasteiger partial charge in [-0.3, -0.25) is 4.79 Å². The maximum atomic E-state index is 11.4. The van der Waals surface area contributed by atoms with E-state index in [4.69, 9.17) is 0 Å². The summed E-state index contributed by atoms with van der Waals surface area (Å²) in [4.78, 5) is 11.4. The molecule has 2 heteroatoms. The van der Waals surface area contributed by atoms with Gasteiger partial charge in [0.1, 0.15) is 0 Å². The normalized spacial score (nSPS) is 27.3. The highest BCUT2D eigenvalue weighted by Crippen LogP contribution is 2.40. The van der Waals surface area contributed by atoms with Crippen molar-refractivity contribution < 1.29 is 4.79 Å². The number of hydrogen-bond acceptors (Lipinski definition) is 1. The highest BCUT2D eigenvalue weighted by molar-refractivity contribution is 5.79. The fraction of sp³-hybridized carbons (Fsp3) is 0.562. The van der Waals surface area contributed by atoms with Crippen LogP contribution in [0.4, 0.5) is 0 Å². The molecule has 1 aromatic carbocycles. The maximum Gasteiger partial charge on any atom is 0.220 e. The molecule has 1 heterocycles. The highest BCUT2D eigenvalue weighted by atomic mass is 16.2. The zero-order chi connectivity index (χ0) is 12.6.